The van der Waals surface area contributed by atoms with Gasteiger partial charge in [-0.25, -0.2) is 0 Å². The van der Waals surface area contributed by atoms with Gasteiger partial charge in [0.2, 0.25) is 0 Å². The van der Waals surface area contributed by atoms with Crippen molar-refractivity contribution in [2.45, 2.75) is 32.5 Å². The number of alkyl halides is 3. The molecule has 3 rings (SSSR count). The Morgan fingerprint density at radius 3 is 2.71 bits per heavy atom. The number of hydrogen-bond acceptors (Lipinski definition) is 7. The minimum absolute atomic E-state index is 0.00767. The molecule has 1 fully saturated rings. The summed E-state index contributed by atoms with van der Waals surface area (Å²) >= 11 is 0.851. The van der Waals surface area contributed by atoms with E-state index in [1.165, 1.54) is 23.6 Å². The Hall–Kier alpha value is -3.30. The number of amides is 1. The molecular weight excluding hydrogens is 483 g/mol. The molecule has 1 aliphatic heterocycles. The zero-order valence-electron chi connectivity index (χ0n) is 19.2. The number of thiazole rings is 1. The highest BCUT2D eigenvalue weighted by Gasteiger charge is 2.28. The fraction of sp³-hybridized carbons (Fsp3) is 0.435. The van der Waals surface area contributed by atoms with Gasteiger partial charge in [0, 0.05) is 31.0 Å². The molecule has 1 amide bonds. The molecule has 8 nitrogen and oxygen atoms in total. The molecule has 2 N–H and O–H groups in total. The topological polar surface area (TPSA) is 99.4 Å². The van der Waals surface area contributed by atoms with Gasteiger partial charge in [-0.2, -0.15) is 18.4 Å². The van der Waals surface area contributed by atoms with E-state index in [4.69, 9.17) is 4.74 Å². The van der Waals surface area contributed by atoms with E-state index in [1.807, 2.05) is 6.07 Å². The highest BCUT2D eigenvalue weighted by atomic mass is 32.1. The zero-order chi connectivity index (χ0) is 25.4. The molecule has 0 saturated carbocycles. The lowest BCUT2D eigenvalue weighted by Crippen LogP contribution is -2.37. The third-order valence-electron chi connectivity index (χ3n) is 5.30. The van der Waals surface area contributed by atoms with Gasteiger partial charge in [0.05, 0.1) is 0 Å². The Labute approximate surface area is 203 Å². The van der Waals surface area contributed by atoms with Gasteiger partial charge >= 0.3 is 6.18 Å². The second-order valence-corrected chi connectivity index (χ2v) is 8.85. The number of aromatic nitrogens is 1. The SMILES string of the molecule is CCn1c(=C(C#N)C(=O)NCC(F)(F)F)sc(=CNc2cccc(OCCN3CCCC3)c2)c1=O. The van der Waals surface area contributed by atoms with Gasteiger partial charge in [0.15, 0.2) is 5.57 Å². The van der Waals surface area contributed by atoms with Crippen molar-refractivity contribution in [2.24, 2.45) is 0 Å². The van der Waals surface area contributed by atoms with Crippen molar-refractivity contribution in [3.63, 3.8) is 0 Å². The molecule has 2 aromatic rings. The maximum atomic E-state index is 12.8. The van der Waals surface area contributed by atoms with Crippen LogP contribution in [0.25, 0.3) is 11.8 Å². The lowest BCUT2D eigenvalue weighted by atomic mass is 10.3. The van der Waals surface area contributed by atoms with E-state index in [0.29, 0.717) is 18.0 Å². The summed E-state index contributed by atoms with van der Waals surface area (Å²) in [7, 11) is 0. The van der Waals surface area contributed by atoms with E-state index >= 15 is 0 Å². The molecule has 0 spiro atoms. The average Bonchev–Trinajstić information content (AvgIpc) is 3.44. The summed E-state index contributed by atoms with van der Waals surface area (Å²) in [5, 5.41) is 14.1. The van der Waals surface area contributed by atoms with Gasteiger partial charge in [-0.15, -0.1) is 11.3 Å². The Bertz CT molecular complexity index is 1260. The minimum Gasteiger partial charge on any atom is -0.492 e. The summed E-state index contributed by atoms with van der Waals surface area (Å²) in [6, 6.07) is 8.83. The van der Waals surface area contributed by atoms with Crippen LogP contribution in [0.15, 0.2) is 29.1 Å². The van der Waals surface area contributed by atoms with Crippen LogP contribution >= 0.6 is 11.3 Å². The Morgan fingerprint density at radius 1 is 1.31 bits per heavy atom. The van der Waals surface area contributed by atoms with Crippen LogP contribution in [0.3, 0.4) is 0 Å². The van der Waals surface area contributed by atoms with Crippen molar-refractivity contribution in [3.05, 3.63) is 43.8 Å². The molecule has 0 radical (unpaired) electrons. The highest BCUT2D eigenvalue weighted by Crippen LogP contribution is 2.17. The summed E-state index contributed by atoms with van der Waals surface area (Å²) < 4.78 is 44.5. The maximum Gasteiger partial charge on any atom is 0.405 e. The van der Waals surface area contributed by atoms with Crippen molar-refractivity contribution < 1.29 is 22.7 Å². The van der Waals surface area contributed by atoms with Crippen molar-refractivity contribution in [2.75, 3.05) is 38.1 Å². The summed E-state index contributed by atoms with van der Waals surface area (Å²) in [5.74, 6) is -0.520. The molecule has 1 aliphatic rings. The minimum atomic E-state index is -4.62. The Morgan fingerprint density at radius 2 is 2.06 bits per heavy atom. The first-order chi connectivity index (χ1) is 16.7. The summed E-state index contributed by atoms with van der Waals surface area (Å²) in [4.78, 5) is 27.3. The van der Waals surface area contributed by atoms with Crippen molar-refractivity contribution in [3.8, 4) is 11.8 Å². The van der Waals surface area contributed by atoms with E-state index < -0.39 is 29.8 Å². The molecular formula is C23H26F3N5O3S. The van der Waals surface area contributed by atoms with Crippen molar-refractivity contribution in [1.29, 1.82) is 5.26 Å². The molecule has 12 heteroatoms. The second kappa shape index (κ2) is 11.9. The standard InChI is InChI=1S/C23H26F3N5O3S/c1-2-31-21(33)19(35-22(31)18(13-27)20(32)29-15-23(24,25)26)14-28-16-6-5-7-17(12-16)34-11-10-30-8-3-4-9-30/h5-7,12,14,28H,2-4,8-11,15H2,1H3,(H,29,32). The molecule has 1 aromatic heterocycles. The van der Waals surface area contributed by atoms with Crippen LogP contribution in [0, 0.1) is 11.3 Å². The van der Waals surface area contributed by atoms with Gasteiger partial charge in [-0.3, -0.25) is 19.1 Å². The molecule has 188 valence electrons. The quantitative estimate of drug-likeness (QED) is 0.533. The van der Waals surface area contributed by atoms with Crippen LogP contribution < -0.4 is 30.1 Å². The van der Waals surface area contributed by atoms with Crippen molar-refractivity contribution in [1.82, 2.24) is 14.8 Å². The van der Waals surface area contributed by atoms with Gasteiger partial charge in [0.25, 0.3) is 11.5 Å². The molecule has 0 aliphatic carbocycles. The predicted molar refractivity (Wildman–Crippen MR) is 127 cm³/mol. The number of hydrogen-bond donors (Lipinski definition) is 2. The smallest absolute Gasteiger partial charge is 0.405 e. The van der Waals surface area contributed by atoms with Gasteiger partial charge in [-0.1, -0.05) is 6.07 Å². The van der Waals surface area contributed by atoms with Crippen LogP contribution in [-0.4, -0.2) is 54.3 Å². The lowest BCUT2D eigenvalue weighted by Gasteiger charge is -2.15. The number of anilines is 1. The number of benzene rings is 1. The van der Waals surface area contributed by atoms with Crippen LogP contribution in [0.2, 0.25) is 0 Å². The van der Waals surface area contributed by atoms with Crippen molar-refractivity contribution >= 4 is 34.7 Å². The average molecular weight is 510 g/mol. The van der Waals surface area contributed by atoms with Gasteiger partial charge < -0.3 is 15.4 Å². The number of carbonyl (C=O) groups excluding carboxylic acids is 1. The summed E-state index contributed by atoms with van der Waals surface area (Å²) in [5.41, 5.74) is -0.353. The molecule has 35 heavy (non-hydrogen) atoms. The maximum absolute atomic E-state index is 12.8. The number of rotatable bonds is 9. The lowest BCUT2D eigenvalue weighted by molar-refractivity contribution is -0.135. The van der Waals surface area contributed by atoms with Gasteiger partial charge in [0.1, 0.15) is 34.2 Å². The summed E-state index contributed by atoms with van der Waals surface area (Å²) in [6.07, 6.45) is -0.753. The van der Waals surface area contributed by atoms with Gasteiger partial charge in [-0.05, 0) is 45.0 Å². The number of nitrogens with one attached hydrogen (secondary N) is 2. The van der Waals surface area contributed by atoms with E-state index in [1.54, 1.807) is 36.5 Å². The number of halogens is 3. The molecule has 0 bridgehead atoms. The van der Waals surface area contributed by atoms with Crippen LogP contribution in [0.4, 0.5) is 18.9 Å². The molecule has 1 aromatic carbocycles. The number of nitriles is 1. The third kappa shape index (κ3) is 7.34. The van der Waals surface area contributed by atoms with E-state index in [-0.39, 0.29) is 15.7 Å². The number of likely N-dealkylation sites (tertiary alicyclic amines) is 1. The van der Waals surface area contributed by atoms with Crippen LogP contribution in [0.5, 0.6) is 5.75 Å². The second-order valence-electron chi connectivity index (χ2n) is 7.82. The monoisotopic (exact) mass is 509 g/mol. The van der Waals surface area contributed by atoms with E-state index in [9.17, 15) is 28.0 Å². The molecule has 1 saturated heterocycles. The Kier molecular flexibility index (Phi) is 8.95. The fourth-order valence-corrected chi connectivity index (χ4v) is 4.67. The predicted octanol–water partition coefficient (Wildman–Crippen LogP) is 1.61. The summed E-state index contributed by atoms with van der Waals surface area (Å²) in [6.45, 7) is 3.80. The Balaban J connectivity index is 1.79. The first-order valence-electron chi connectivity index (χ1n) is 11.1. The third-order valence-corrected chi connectivity index (χ3v) is 6.44. The first kappa shape index (κ1) is 26.3. The largest absolute Gasteiger partial charge is 0.492 e. The van der Waals surface area contributed by atoms with Crippen LogP contribution in [0.1, 0.15) is 19.8 Å². The zero-order valence-corrected chi connectivity index (χ0v) is 20.0. The van der Waals surface area contributed by atoms with E-state index in [0.717, 1.165) is 31.0 Å². The number of nitrogens with zero attached hydrogens (tertiary/aromatic N) is 3. The fourth-order valence-electron chi connectivity index (χ4n) is 3.58. The highest BCUT2D eigenvalue weighted by molar-refractivity contribution is 7.07. The molecule has 0 unspecified atom stereocenters. The normalized spacial score (nSPS) is 15.6. The molecule has 0 atom stereocenters. The number of carbonyl (C=O) groups is 1. The number of ether oxygens (including phenoxy) is 1. The van der Waals surface area contributed by atoms with Crippen LogP contribution in [-0.2, 0) is 11.3 Å². The van der Waals surface area contributed by atoms with E-state index in [2.05, 4.69) is 10.2 Å². The first-order valence-corrected chi connectivity index (χ1v) is 11.9. The molecule has 2 heterocycles.